The lowest BCUT2D eigenvalue weighted by Gasteiger charge is -2.14. The Kier molecular flexibility index (Phi) is 12.6. The predicted molar refractivity (Wildman–Crippen MR) is 140 cm³/mol. The lowest BCUT2D eigenvalue weighted by Crippen LogP contribution is -2.05. The molecule has 0 radical (unpaired) electrons. The second-order valence-corrected chi connectivity index (χ2v) is 8.77. The highest BCUT2D eigenvalue weighted by Gasteiger charge is 2.16. The molecule has 190 valence electrons. The third kappa shape index (κ3) is 9.55. The van der Waals surface area contributed by atoms with Crippen LogP contribution in [-0.4, -0.2) is 33.7 Å². The van der Waals surface area contributed by atoms with E-state index in [1.165, 1.54) is 57.4 Å². The Labute approximate surface area is 209 Å². The van der Waals surface area contributed by atoms with Crippen molar-refractivity contribution in [3.63, 3.8) is 0 Å². The number of rotatable bonds is 17. The number of hydrogen-bond acceptors (Lipinski definition) is 4. The zero-order valence-electron chi connectivity index (χ0n) is 21.1. The fourth-order valence-corrected chi connectivity index (χ4v) is 4.18. The maximum absolute atomic E-state index is 11.6. The molecule has 0 aliphatic carbocycles. The zero-order valence-corrected chi connectivity index (χ0v) is 21.1. The average molecular weight is 482 g/mol. The molecule has 1 aromatic heterocycles. The van der Waals surface area contributed by atoms with Crippen LogP contribution in [0.15, 0.2) is 36.4 Å². The van der Waals surface area contributed by atoms with Crippen molar-refractivity contribution in [3.8, 4) is 17.0 Å². The Hall–Kier alpha value is -3.15. The summed E-state index contributed by atoms with van der Waals surface area (Å²) in [6, 6.07) is 8.70. The highest BCUT2D eigenvalue weighted by molar-refractivity contribution is 5.92. The molecule has 0 saturated carbocycles. The number of carboxylic acids is 2. The Morgan fingerprint density at radius 2 is 1.54 bits per heavy atom. The van der Waals surface area contributed by atoms with E-state index in [0.29, 0.717) is 35.7 Å². The highest BCUT2D eigenvalue weighted by atomic mass is 16.5. The van der Waals surface area contributed by atoms with Gasteiger partial charge in [0.2, 0.25) is 0 Å². The van der Waals surface area contributed by atoms with Crippen molar-refractivity contribution < 1.29 is 24.5 Å². The van der Waals surface area contributed by atoms with Gasteiger partial charge in [0.25, 0.3) is 0 Å². The molecule has 0 amide bonds. The summed E-state index contributed by atoms with van der Waals surface area (Å²) >= 11 is 0. The minimum absolute atomic E-state index is 0.246. The van der Waals surface area contributed by atoms with Gasteiger partial charge in [-0.25, -0.2) is 14.6 Å². The molecule has 2 N–H and O–H groups in total. The van der Waals surface area contributed by atoms with Crippen LogP contribution in [0.25, 0.3) is 17.3 Å². The number of benzene rings is 1. The number of ether oxygens (including phenoxy) is 1. The molecule has 2 aromatic rings. The Morgan fingerprint density at radius 1 is 0.886 bits per heavy atom. The summed E-state index contributed by atoms with van der Waals surface area (Å²) in [5.41, 5.74) is 2.66. The number of pyridine rings is 1. The number of nitrogens with zero attached hydrogens (tertiary/aromatic N) is 1. The van der Waals surface area contributed by atoms with Crippen LogP contribution in [0.5, 0.6) is 5.75 Å². The van der Waals surface area contributed by atoms with Crippen LogP contribution in [0.4, 0.5) is 0 Å². The largest absolute Gasteiger partial charge is 0.491 e. The van der Waals surface area contributed by atoms with Crippen molar-refractivity contribution in [1.29, 1.82) is 0 Å². The van der Waals surface area contributed by atoms with E-state index in [1.54, 1.807) is 24.3 Å². The van der Waals surface area contributed by atoms with Gasteiger partial charge in [0.15, 0.2) is 0 Å². The summed E-state index contributed by atoms with van der Waals surface area (Å²) in [5, 5.41) is 18.6. The van der Waals surface area contributed by atoms with Crippen molar-refractivity contribution in [2.75, 3.05) is 6.61 Å². The fraction of sp³-hybridized carbons (Fsp3) is 0.483. The third-order valence-corrected chi connectivity index (χ3v) is 6.06. The molecular weight excluding hydrogens is 442 g/mol. The smallest absolute Gasteiger partial charge is 0.335 e. The first-order valence-corrected chi connectivity index (χ1v) is 12.9. The average Bonchev–Trinajstić information content (AvgIpc) is 2.85. The first-order chi connectivity index (χ1) is 17.0. The standard InChI is InChI=1S/C29H39NO5/c1-3-5-6-7-8-9-10-11-12-13-21-35-27-19-17-25(30-26(27)18-20-28(31)32)23-15-14-16-24(29(33)34)22(23)4-2/h14-20H,3-13,21H2,1-2H3,(H,31,32)(H,33,34)/b20-18+. The van der Waals surface area contributed by atoms with Crippen LogP contribution in [0.1, 0.15) is 99.7 Å². The van der Waals surface area contributed by atoms with Crippen molar-refractivity contribution in [2.24, 2.45) is 0 Å². The van der Waals surface area contributed by atoms with Crippen LogP contribution in [0, 0.1) is 0 Å². The number of unbranched alkanes of at least 4 members (excludes halogenated alkanes) is 9. The summed E-state index contributed by atoms with van der Waals surface area (Å²) in [5.74, 6) is -1.53. The number of aromatic nitrogens is 1. The van der Waals surface area contributed by atoms with Gasteiger partial charge in [0.05, 0.1) is 17.9 Å². The summed E-state index contributed by atoms with van der Waals surface area (Å²) in [6.07, 6.45) is 15.4. The van der Waals surface area contributed by atoms with Gasteiger partial charge in [-0.05, 0) is 42.7 Å². The quantitative estimate of drug-likeness (QED) is 0.180. The molecule has 0 spiro atoms. The summed E-state index contributed by atoms with van der Waals surface area (Å²) < 4.78 is 5.95. The third-order valence-electron chi connectivity index (χ3n) is 6.06. The van der Waals surface area contributed by atoms with Gasteiger partial charge in [-0.2, -0.15) is 0 Å². The van der Waals surface area contributed by atoms with Gasteiger partial charge in [0.1, 0.15) is 11.4 Å². The Morgan fingerprint density at radius 3 is 2.14 bits per heavy atom. The molecule has 0 fully saturated rings. The van der Waals surface area contributed by atoms with Crippen LogP contribution < -0.4 is 4.74 Å². The van der Waals surface area contributed by atoms with Crippen LogP contribution in [0.3, 0.4) is 0 Å². The maximum Gasteiger partial charge on any atom is 0.335 e. The van der Waals surface area contributed by atoms with Crippen molar-refractivity contribution in [1.82, 2.24) is 4.98 Å². The number of hydrogen-bond donors (Lipinski definition) is 2. The number of aliphatic carboxylic acids is 1. The summed E-state index contributed by atoms with van der Waals surface area (Å²) in [7, 11) is 0. The molecular formula is C29H39NO5. The summed E-state index contributed by atoms with van der Waals surface area (Å²) in [4.78, 5) is 27.4. The molecule has 0 aliphatic heterocycles. The molecule has 1 aromatic carbocycles. The van der Waals surface area contributed by atoms with E-state index >= 15 is 0 Å². The van der Waals surface area contributed by atoms with E-state index in [9.17, 15) is 14.7 Å². The SMILES string of the molecule is CCCCCCCCCCCCOc1ccc(-c2cccc(C(=O)O)c2CC)nc1/C=C/C(=O)O. The molecule has 0 bridgehead atoms. The van der Waals surface area contributed by atoms with Crippen molar-refractivity contribution in [3.05, 3.63) is 53.2 Å². The molecule has 0 aliphatic rings. The Balaban J connectivity index is 2.01. The van der Waals surface area contributed by atoms with Crippen molar-refractivity contribution in [2.45, 2.75) is 84.5 Å². The predicted octanol–water partition coefficient (Wildman–Crippen LogP) is 7.41. The van der Waals surface area contributed by atoms with Crippen LogP contribution in [-0.2, 0) is 11.2 Å². The molecule has 6 nitrogen and oxygen atoms in total. The minimum atomic E-state index is -1.07. The van der Waals surface area contributed by atoms with E-state index in [0.717, 1.165) is 24.5 Å². The molecule has 0 unspecified atom stereocenters. The topological polar surface area (TPSA) is 96.7 Å². The fourth-order valence-electron chi connectivity index (χ4n) is 4.18. The van der Waals surface area contributed by atoms with E-state index in [-0.39, 0.29) is 5.56 Å². The first-order valence-electron chi connectivity index (χ1n) is 12.9. The van der Waals surface area contributed by atoms with Gasteiger partial charge in [-0.15, -0.1) is 0 Å². The monoisotopic (exact) mass is 481 g/mol. The Bertz CT molecular complexity index is 983. The van der Waals surface area contributed by atoms with E-state index in [1.807, 2.05) is 13.0 Å². The number of carbonyl (C=O) groups is 2. The molecule has 0 atom stereocenters. The first kappa shape index (κ1) is 28.1. The second-order valence-electron chi connectivity index (χ2n) is 8.77. The normalized spacial score (nSPS) is 11.1. The zero-order chi connectivity index (χ0) is 25.5. The lowest BCUT2D eigenvalue weighted by molar-refractivity contribution is -0.131. The molecule has 0 saturated heterocycles. The second kappa shape index (κ2) is 15.7. The molecule has 2 rings (SSSR count). The maximum atomic E-state index is 11.6. The molecule has 35 heavy (non-hydrogen) atoms. The van der Waals surface area contributed by atoms with Gasteiger partial charge in [-0.3, -0.25) is 0 Å². The van der Waals surface area contributed by atoms with Gasteiger partial charge < -0.3 is 14.9 Å². The highest BCUT2D eigenvalue weighted by Crippen LogP contribution is 2.29. The van der Waals surface area contributed by atoms with Crippen LogP contribution >= 0.6 is 0 Å². The lowest BCUT2D eigenvalue weighted by atomic mass is 9.96. The van der Waals surface area contributed by atoms with E-state index in [4.69, 9.17) is 9.84 Å². The van der Waals surface area contributed by atoms with Crippen molar-refractivity contribution >= 4 is 18.0 Å². The molecule has 1 heterocycles. The van der Waals surface area contributed by atoms with Gasteiger partial charge >= 0.3 is 11.9 Å². The van der Waals surface area contributed by atoms with E-state index in [2.05, 4.69) is 11.9 Å². The number of aromatic carboxylic acids is 1. The van der Waals surface area contributed by atoms with Gasteiger partial charge in [-0.1, -0.05) is 83.8 Å². The molecule has 6 heteroatoms. The minimum Gasteiger partial charge on any atom is -0.491 e. The van der Waals surface area contributed by atoms with Gasteiger partial charge in [0, 0.05) is 11.6 Å². The van der Waals surface area contributed by atoms with E-state index < -0.39 is 11.9 Å². The summed E-state index contributed by atoms with van der Waals surface area (Å²) in [6.45, 7) is 4.68. The number of carboxylic acid groups (broad SMARTS) is 2. The van der Waals surface area contributed by atoms with Crippen LogP contribution in [0.2, 0.25) is 0 Å².